The molecule has 19 heavy (non-hydrogen) atoms. The van der Waals surface area contributed by atoms with Crippen LogP contribution in [0.2, 0.25) is 0 Å². The lowest BCUT2D eigenvalue weighted by atomic mass is 10.0. The Balaban J connectivity index is 1.99. The van der Waals surface area contributed by atoms with Gasteiger partial charge in [0.1, 0.15) is 0 Å². The van der Waals surface area contributed by atoms with Gasteiger partial charge >= 0.3 is 5.97 Å². The minimum absolute atomic E-state index is 0.312. The van der Waals surface area contributed by atoms with Crippen molar-refractivity contribution in [1.29, 1.82) is 0 Å². The van der Waals surface area contributed by atoms with Crippen LogP contribution in [0.15, 0.2) is 54.7 Å². The Labute approximate surface area is 110 Å². The molecule has 3 rings (SSSR count). The zero-order chi connectivity index (χ0) is 13.2. The lowest BCUT2D eigenvalue weighted by Gasteiger charge is -2.04. The zero-order valence-electron chi connectivity index (χ0n) is 10.5. The number of hydrogen-bond acceptors (Lipinski definition) is 2. The first kappa shape index (κ1) is 11.5. The second kappa shape index (κ2) is 4.61. The Morgan fingerprint density at radius 1 is 1.00 bits per heavy atom. The zero-order valence-corrected chi connectivity index (χ0v) is 10.5. The number of H-pyrrole nitrogens is 1. The van der Waals surface area contributed by atoms with E-state index in [2.05, 4.69) is 27.9 Å². The van der Waals surface area contributed by atoms with Crippen molar-refractivity contribution in [2.75, 3.05) is 7.11 Å². The van der Waals surface area contributed by atoms with E-state index in [0.717, 1.165) is 16.6 Å². The molecular formula is C16H13NO2. The van der Waals surface area contributed by atoms with E-state index in [-0.39, 0.29) is 5.97 Å². The van der Waals surface area contributed by atoms with Crippen molar-refractivity contribution in [1.82, 2.24) is 4.98 Å². The molecule has 94 valence electrons. The van der Waals surface area contributed by atoms with Gasteiger partial charge in [-0.2, -0.15) is 0 Å². The van der Waals surface area contributed by atoms with Gasteiger partial charge in [0.25, 0.3) is 0 Å². The number of methoxy groups -OCH3 is 1. The normalized spacial score (nSPS) is 10.6. The van der Waals surface area contributed by atoms with Crippen molar-refractivity contribution < 1.29 is 9.53 Å². The number of carbonyl (C=O) groups is 1. The van der Waals surface area contributed by atoms with Gasteiger partial charge in [-0.15, -0.1) is 0 Å². The van der Waals surface area contributed by atoms with Gasteiger partial charge < -0.3 is 9.72 Å². The van der Waals surface area contributed by atoms with E-state index in [1.165, 1.54) is 12.5 Å². The number of ether oxygens (including phenoxy) is 1. The van der Waals surface area contributed by atoms with Crippen LogP contribution in [0, 0.1) is 0 Å². The number of benzene rings is 2. The predicted octanol–water partition coefficient (Wildman–Crippen LogP) is 3.62. The van der Waals surface area contributed by atoms with Crippen LogP contribution in [-0.4, -0.2) is 18.1 Å². The molecule has 1 aromatic heterocycles. The Morgan fingerprint density at radius 2 is 1.74 bits per heavy atom. The van der Waals surface area contributed by atoms with Crippen LogP contribution in [0.25, 0.3) is 22.0 Å². The summed E-state index contributed by atoms with van der Waals surface area (Å²) in [7, 11) is 1.38. The number of nitrogens with one attached hydrogen (secondary N) is 1. The first-order valence-corrected chi connectivity index (χ1v) is 6.04. The molecule has 0 aliphatic rings. The molecule has 0 saturated carbocycles. The van der Waals surface area contributed by atoms with Crippen molar-refractivity contribution in [2.45, 2.75) is 0 Å². The SMILES string of the molecule is COC(=O)c1ccc(-c2ccc3[nH]ccc3c2)cc1. The lowest BCUT2D eigenvalue weighted by molar-refractivity contribution is 0.0601. The van der Waals surface area contributed by atoms with Crippen LogP contribution >= 0.6 is 0 Å². The molecule has 0 saturated heterocycles. The van der Waals surface area contributed by atoms with Gasteiger partial charge in [0.2, 0.25) is 0 Å². The molecule has 1 N–H and O–H groups in total. The van der Waals surface area contributed by atoms with E-state index >= 15 is 0 Å². The summed E-state index contributed by atoms with van der Waals surface area (Å²) < 4.78 is 4.69. The molecule has 1 heterocycles. The standard InChI is InChI=1S/C16H13NO2/c1-19-16(18)12-4-2-11(3-5-12)13-6-7-15-14(10-13)8-9-17-15/h2-10,17H,1H3. The van der Waals surface area contributed by atoms with Crippen LogP contribution in [0.5, 0.6) is 0 Å². The van der Waals surface area contributed by atoms with E-state index in [9.17, 15) is 4.79 Å². The van der Waals surface area contributed by atoms with Gasteiger partial charge in [0.15, 0.2) is 0 Å². The van der Waals surface area contributed by atoms with Crippen LogP contribution in [0.4, 0.5) is 0 Å². The topological polar surface area (TPSA) is 42.1 Å². The van der Waals surface area contributed by atoms with Crippen LogP contribution in [-0.2, 0) is 4.74 Å². The summed E-state index contributed by atoms with van der Waals surface area (Å²) in [4.78, 5) is 14.5. The van der Waals surface area contributed by atoms with Crippen molar-refractivity contribution in [3.63, 3.8) is 0 Å². The van der Waals surface area contributed by atoms with Gasteiger partial charge in [-0.05, 0) is 46.8 Å². The fraction of sp³-hybridized carbons (Fsp3) is 0.0625. The van der Waals surface area contributed by atoms with E-state index in [0.29, 0.717) is 5.56 Å². The summed E-state index contributed by atoms with van der Waals surface area (Å²) in [5, 5.41) is 1.18. The molecule has 0 aliphatic heterocycles. The minimum atomic E-state index is -0.312. The molecule has 3 aromatic rings. The fourth-order valence-electron chi connectivity index (χ4n) is 2.15. The molecule has 3 heteroatoms. The summed E-state index contributed by atoms with van der Waals surface area (Å²) in [6.45, 7) is 0. The number of rotatable bonds is 2. The first-order valence-electron chi connectivity index (χ1n) is 6.04. The molecule has 0 spiro atoms. The quantitative estimate of drug-likeness (QED) is 0.707. The number of aromatic amines is 1. The summed E-state index contributed by atoms with van der Waals surface area (Å²) in [5.74, 6) is -0.312. The van der Waals surface area contributed by atoms with Crippen molar-refractivity contribution in [2.24, 2.45) is 0 Å². The Bertz CT molecular complexity index is 726. The maximum absolute atomic E-state index is 11.4. The molecule has 0 aliphatic carbocycles. The van der Waals surface area contributed by atoms with Crippen molar-refractivity contribution >= 4 is 16.9 Å². The second-order valence-electron chi connectivity index (χ2n) is 4.35. The van der Waals surface area contributed by atoms with Gasteiger partial charge in [-0.25, -0.2) is 4.79 Å². The van der Waals surface area contributed by atoms with Crippen molar-refractivity contribution in [3.05, 3.63) is 60.3 Å². The number of fused-ring (bicyclic) bond motifs is 1. The average Bonchev–Trinajstić information content (AvgIpc) is 2.94. The van der Waals surface area contributed by atoms with E-state index in [1.807, 2.05) is 24.4 Å². The van der Waals surface area contributed by atoms with E-state index in [4.69, 9.17) is 0 Å². The van der Waals surface area contributed by atoms with Gasteiger partial charge in [0, 0.05) is 11.7 Å². The highest BCUT2D eigenvalue weighted by Gasteiger charge is 2.05. The van der Waals surface area contributed by atoms with Crippen LogP contribution in [0.3, 0.4) is 0 Å². The molecule has 0 radical (unpaired) electrons. The van der Waals surface area contributed by atoms with Gasteiger partial charge in [0.05, 0.1) is 12.7 Å². The lowest BCUT2D eigenvalue weighted by Crippen LogP contribution is -2.00. The minimum Gasteiger partial charge on any atom is -0.465 e. The molecular weight excluding hydrogens is 238 g/mol. The number of esters is 1. The highest BCUT2D eigenvalue weighted by atomic mass is 16.5. The maximum Gasteiger partial charge on any atom is 0.337 e. The molecule has 0 atom stereocenters. The Hall–Kier alpha value is -2.55. The molecule has 0 amide bonds. The molecule has 2 aromatic carbocycles. The summed E-state index contributed by atoms with van der Waals surface area (Å²) in [5.41, 5.74) is 3.89. The largest absolute Gasteiger partial charge is 0.465 e. The van der Waals surface area contributed by atoms with Gasteiger partial charge in [-0.1, -0.05) is 18.2 Å². The second-order valence-corrected chi connectivity index (χ2v) is 4.35. The van der Waals surface area contributed by atoms with Crippen LogP contribution < -0.4 is 0 Å². The molecule has 0 bridgehead atoms. The monoisotopic (exact) mass is 251 g/mol. The third-order valence-electron chi connectivity index (χ3n) is 3.19. The number of hydrogen-bond donors (Lipinski definition) is 1. The van der Waals surface area contributed by atoms with Crippen molar-refractivity contribution in [3.8, 4) is 11.1 Å². The third-order valence-corrected chi connectivity index (χ3v) is 3.19. The number of aromatic nitrogens is 1. The van der Waals surface area contributed by atoms with E-state index < -0.39 is 0 Å². The van der Waals surface area contributed by atoms with E-state index in [1.54, 1.807) is 12.1 Å². The fourth-order valence-corrected chi connectivity index (χ4v) is 2.15. The highest BCUT2D eigenvalue weighted by molar-refractivity contribution is 5.90. The Kier molecular flexibility index (Phi) is 2.80. The summed E-state index contributed by atoms with van der Waals surface area (Å²) >= 11 is 0. The molecule has 0 unspecified atom stereocenters. The molecule has 3 nitrogen and oxygen atoms in total. The summed E-state index contributed by atoms with van der Waals surface area (Å²) in [6, 6.07) is 15.7. The average molecular weight is 251 g/mol. The van der Waals surface area contributed by atoms with Gasteiger partial charge in [-0.3, -0.25) is 0 Å². The number of carbonyl (C=O) groups excluding carboxylic acids is 1. The third kappa shape index (κ3) is 2.10. The summed E-state index contributed by atoms with van der Waals surface area (Å²) in [6.07, 6.45) is 1.93. The predicted molar refractivity (Wildman–Crippen MR) is 75.1 cm³/mol. The smallest absolute Gasteiger partial charge is 0.337 e. The Morgan fingerprint density at radius 3 is 2.47 bits per heavy atom. The maximum atomic E-state index is 11.4. The molecule has 0 fully saturated rings. The highest BCUT2D eigenvalue weighted by Crippen LogP contribution is 2.24. The van der Waals surface area contributed by atoms with Crippen LogP contribution in [0.1, 0.15) is 10.4 Å². The first-order chi connectivity index (χ1) is 9.28.